The topological polar surface area (TPSA) is 74.3 Å². The molecule has 26 heavy (non-hydrogen) atoms. The van der Waals surface area contributed by atoms with E-state index in [4.69, 9.17) is 21.7 Å². The number of benzene rings is 1. The van der Waals surface area contributed by atoms with Gasteiger partial charge in [-0.05, 0) is 38.0 Å². The summed E-state index contributed by atoms with van der Waals surface area (Å²) in [6, 6.07) is 5.17. The van der Waals surface area contributed by atoms with Gasteiger partial charge in [0.1, 0.15) is 10.5 Å². The molecule has 1 aliphatic heterocycles. The Morgan fingerprint density at radius 1 is 1.38 bits per heavy atom. The van der Waals surface area contributed by atoms with Crippen LogP contribution in [0.3, 0.4) is 0 Å². The molecule has 1 heterocycles. The van der Waals surface area contributed by atoms with E-state index in [1.807, 2.05) is 36.9 Å². The standard InChI is InChI=1S/C17H25N3O4S2/c1-17(2)14(20(22)15(21)18-3)19(16(25)26-17)9-8-11-6-7-12(23-4)13(10-11)24-5/h6-7,10,14,22H,8-9H2,1-5H3,(H,18,21). The van der Waals surface area contributed by atoms with Gasteiger partial charge in [0.05, 0.1) is 19.0 Å². The molecule has 0 aliphatic carbocycles. The zero-order valence-corrected chi connectivity index (χ0v) is 17.2. The maximum absolute atomic E-state index is 11.9. The van der Waals surface area contributed by atoms with Gasteiger partial charge in [-0.15, -0.1) is 0 Å². The largest absolute Gasteiger partial charge is 0.493 e. The number of thiocarbonyl (C=S) groups is 1. The third-order valence-corrected chi connectivity index (χ3v) is 5.88. The minimum Gasteiger partial charge on any atom is -0.493 e. The molecule has 0 bridgehead atoms. The summed E-state index contributed by atoms with van der Waals surface area (Å²) in [6.07, 6.45) is 0.120. The van der Waals surface area contributed by atoms with Crippen LogP contribution in [0.15, 0.2) is 18.2 Å². The maximum atomic E-state index is 11.9. The fraction of sp³-hybridized carbons (Fsp3) is 0.529. The van der Waals surface area contributed by atoms with Crippen LogP contribution in [0.1, 0.15) is 19.4 Å². The highest BCUT2D eigenvalue weighted by molar-refractivity contribution is 8.24. The average molecular weight is 400 g/mol. The number of methoxy groups -OCH3 is 2. The summed E-state index contributed by atoms with van der Waals surface area (Å²) >= 11 is 6.96. The summed E-state index contributed by atoms with van der Waals surface area (Å²) in [4.78, 5) is 13.8. The van der Waals surface area contributed by atoms with Crippen molar-refractivity contribution in [3.05, 3.63) is 23.8 Å². The second-order valence-corrected chi connectivity index (χ2v) is 8.67. The quantitative estimate of drug-likeness (QED) is 0.433. The first-order valence-corrected chi connectivity index (χ1v) is 9.38. The van der Waals surface area contributed by atoms with Crippen LogP contribution in [0.5, 0.6) is 11.5 Å². The number of hydrogen-bond donors (Lipinski definition) is 2. The van der Waals surface area contributed by atoms with E-state index in [0.29, 0.717) is 28.8 Å². The van der Waals surface area contributed by atoms with Gasteiger partial charge < -0.3 is 19.7 Å². The highest BCUT2D eigenvalue weighted by atomic mass is 32.2. The highest BCUT2D eigenvalue weighted by Gasteiger charge is 2.49. The van der Waals surface area contributed by atoms with E-state index >= 15 is 0 Å². The van der Waals surface area contributed by atoms with Crippen LogP contribution in [0, 0.1) is 0 Å². The Kier molecular flexibility index (Phi) is 6.59. The zero-order valence-electron chi connectivity index (χ0n) is 15.6. The molecule has 1 unspecified atom stereocenters. The van der Waals surface area contributed by atoms with Crippen LogP contribution in [0.25, 0.3) is 0 Å². The number of rotatable bonds is 6. The summed E-state index contributed by atoms with van der Waals surface area (Å²) in [5.74, 6) is 1.33. The lowest BCUT2D eigenvalue weighted by molar-refractivity contribution is -0.118. The van der Waals surface area contributed by atoms with E-state index in [1.54, 1.807) is 14.2 Å². The number of carbonyl (C=O) groups excluding carboxylic acids is 1. The van der Waals surface area contributed by atoms with E-state index in [0.717, 1.165) is 10.6 Å². The first kappa shape index (κ1) is 20.6. The molecule has 2 rings (SSSR count). The van der Waals surface area contributed by atoms with Crippen LogP contribution in [0.2, 0.25) is 0 Å². The lowest BCUT2D eigenvalue weighted by atomic mass is 10.1. The molecule has 0 saturated carbocycles. The average Bonchev–Trinajstić information content (AvgIpc) is 2.85. The second-order valence-electron chi connectivity index (χ2n) is 6.38. The molecule has 0 spiro atoms. The Morgan fingerprint density at radius 2 is 2.04 bits per heavy atom. The summed E-state index contributed by atoms with van der Waals surface area (Å²) < 4.78 is 10.8. The van der Waals surface area contributed by atoms with Crippen molar-refractivity contribution < 1.29 is 19.5 Å². The molecule has 0 aromatic heterocycles. The Labute approximate surface area is 163 Å². The van der Waals surface area contributed by atoms with Crippen molar-refractivity contribution in [2.45, 2.75) is 31.2 Å². The molecule has 2 amide bonds. The van der Waals surface area contributed by atoms with Crippen LogP contribution in [0.4, 0.5) is 4.79 Å². The minimum atomic E-state index is -0.565. The van der Waals surface area contributed by atoms with Gasteiger partial charge >= 0.3 is 6.03 Å². The van der Waals surface area contributed by atoms with Crippen molar-refractivity contribution in [1.82, 2.24) is 15.3 Å². The number of urea groups is 1. The van der Waals surface area contributed by atoms with Gasteiger partial charge in [0, 0.05) is 13.6 Å². The number of hydrogen-bond acceptors (Lipinski definition) is 6. The van der Waals surface area contributed by atoms with Gasteiger partial charge in [-0.2, -0.15) is 5.06 Å². The third-order valence-electron chi connectivity index (χ3n) is 4.24. The predicted octanol–water partition coefficient (Wildman–Crippen LogP) is 2.72. The van der Waals surface area contributed by atoms with Gasteiger partial charge in [0.2, 0.25) is 0 Å². The van der Waals surface area contributed by atoms with Crippen LogP contribution in [-0.4, -0.2) is 64.2 Å². The van der Waals surface area contributed by atoms with E-state index in [-0.39, 0.29) is 0 Å². The third kappa shape index (κ3) is 4.16. The molecule has 1 aliphatic rings. The fourth-order valence-corrected chi connectivity index (χ4v) is 4.89. The number of hydroxylamine groups is 2. The molecular formula is C17H25N3O4S2. The first-order chi connectivity index (χ1) is 12.2. The monoisotopic (exact) mass is 399 g/mol. The highest BCUT2D eigenvalue weighted by Crippen LogP contribution is 2.42. The Hall–Kier alpha value is -1.71. The van der Waals surface area contributed by atoms with E-state index in [9.17, 15) is 10.0 Å². The lowest BCUT2D eigenvalue weighted by Crippen LogP contribution is -2.56. The molecule has 144 valence electrons. The first-order valence-electron chi connectivity index (χ1n) is 8.15. The van der Waals surface area contributed by atoms with E-state index in [2.05, 4.69) is 5.32 Å². The van der Waals surface area contributed by atoms with Crippen LogP contribution in [-0.2, 0) is 6.42 Å². The Bertz CT molecular complexity index is 684. The van der Waals surface area contributed by atoms with Crippen molar-refractivity contribution in [1.29, 1.82) is 0 Å². The van der Waals surface area contributed by atoms with Crippen molar-refractivity contribution in [3.63, 3.8) is 0 Å². The molecule has 1 fully saturated rings. The fourth-order valence-electron chi connectivity index (χ4n) is 2.96. The van der Waals surface area contributed by atoms with Gasteiger partial charge in [0.25, 0.3) is 0 Å². The van der Waals surface area contributed by atoms with Crippen molar-refractivity contribution in [2.75, 3.05) is 27.8 Å². The number of ether oxygens (including phenoxy) is 2. The van der Waals surface area contributed by atoms with Gasteiger partial charge in [0.15, 0.2) is 11.5 Å². The number of carbonyl (C=O) groups is 1. The molecular weight excluding hydrogens is 374 g/mol. The van der Waals surface area contributed by atoms with E-state index < -0.39 is 16.9 Å². The number of nitrogens with zero attached hydrogens (tertiary/aromatic N) is 2. The molecule has 2 N–H and O–H groups in total. The van der Waals surface area contributed by atoms with Crippen molar-refractivity contribution >= 4 is 34.3 Å². The summed E-state index contributed by atoms with van der Waals surface area (Å²) in [6.45, 7) is 4.47. The van der Waals surface area contributed by atoms with Crippen LogP contribution < -0.4 is 14.8 Å². The minimum absolute atomic E-state index is 0.435. The molecule has 1 aromatic rings. The summed E-state index contributed by atoms with van der Waals surface area (Å²) in [5.41, 5.74) is 1.04. The summed E-state index contributed by atoms with van der Waals surface area (Å²) in [5, 5.41) is 13.5. The Morgan fingerprint density at radius 3 is 2.62 bits per heavy atom. The maximum Gasteiger partial charge on any atom is 0.342 e. The molecule has 7 nitrogen and oxygen atoms in total. The SMILES string of the molecule is CNC(=O)N(O)C1N(CCc2ccc(OC)c(OC)c2)C(=S)SC1(C)C. The van der Waals surface area contributed by atoms with Gasteiger partial charge in [-0.3, -0.25) is 5.21 Å². The van der Waals surface area contributed by atoms with Crippen molar-refractivity contribution in [3.8, 4) is 11.5 Å². The normalized spacial score (nSPS) is 18.6. The molecule has 0 radical (unpaired) electrons. The molecule has 1 saturated heterocycles. The van der Waals surface area contributed by atoms with Crippen molar-refractivity contribution in [2.24, 2.45) is 0 Å². The van der Waals surface area contributed by atoms with Crippen LogP contribution >= 0.6 is 24.0 Å². The molecule has 1 atom stereocenters. The predicted molar refractivity (Wildman–Crippen MR) is 106 cm³/mol. The smallest absolute Gasteiger partial charge is 0.342 e. The molecule has 9 heteroatoms. The number of amides is 2. The van der Waals surface area contributed by atoms with E-state index in [1.165, 1.54) is 18.8 Å². The summed E-state index contributed by atoms with van der Waals surface area (Å²) in [7, 11) is 4.67. The lowest BCUT2D eigenvalue weighted by Gasteiger charge is -2.36. The Balaban J connectivity index is 2.18. The zero-order chi connectivity index (χ0) is 19.5. The number of nitrogens with one attached hydrogen (secondary N) is 1. The number of thioether (sulfide) groups is 1. The second kappa shape index (κ2) is 8.32. The molecule has 1 aromatic carbocycles. The van der Waals surface area contributed by atoms with Gasteiger partial charge in [-0.1, -0.05) is 30.0 Å². The van der Waals surface area contributed by atoms with Gasteiger partial charge in [-0.25, -0.2) is 4.79 Å².